The van der Waals surface area contributed by atoms with E-state index in [1.807, 2.05) is 0 Å². The number of benzene rings is 2. The number of amides is 2. The van der Waals surface area contributed by atoms with Crippen LogP contribution in [0.3, 0.4) is 0 Å². The number of hydrogen-bond donors (Lipinski definition) is 1. The standard InChI is InChI=1S/C23H28F2N2O2/c1-15-7-9-16(10-8-15)18-5-4-6-22(18)27(2)23(28)26-21(14-29-3)17-11-12-19(24)20(25)13-17/h7-13,18,21-22H,4-6,14H2,1-3H3,(H,26,28). The first-order chi connectivity index (χ1) is 13.9. The van der Waals surface area contributed by atoms with E-state index in [-0.39, 0.29) is 24.6 Å². The first kappa shape index (κ1) is 21.2. The maximum Gasteiger partial charge on any atom is 0.317 e. The Morgan fingerprint density at radius 1 is 1.17 bits per heavy atom. The Bertz CT molecular complexity index is 841. The van der Waals surface area contributed by atoms with Crippen molar-refractivity contribution in [3.8, 4) is 0 Å². The van der Waals surface area contributed by atoms with Crippen molar-refractivity contribution in [2.75, 3.05) is 20.8 Å². The number of nitrogens with one attached hydrogen (secondary N) is 1. The van der Waals surface area contributed by atoms with E-state index in [0.717, 1.165) is 31.4 Å². The minimum Gasteiger partial charge on any atom is -0.382 e. The van der Waals surface area contributed by atoms with Gasteiger partial charge in [-0.3, -0.25) is 0 Å². The van der Waals surface area contributed by atoms with Crippen molar-refractivity contribution in [1.82, 2.24) is 10.2 Å². The second-order valence-corrected chi connectivity index (χ2v) is 7.76. The van der Waals surface area contributed by atoms with Crippen LogP contribution in [0.5, 0.6) is 0 Å². The molecule has 3 rings (SSSR count). The molecule has 2 aromatic rings. The highest BCUT2D eigenvalue weighted by Crippen LogP contribution is 2.37. The van der Waals surface area contributed by atoms with Crippen LogP contribution in [0, 0.1) is 18.6 Å². The van der Waals surface area contributed by atoms with Gasteiger partial charge in [0.1, 0.15) is 0 Å². The van der Waals surface area contributed by atoms with Gasteiger partial charge >= 0.3 is 6.03 Å². The number of carbonyl (C=O) groups excluding carboxylic acids is 1. The molecule has 1 aliphatic rings. The minimum atomic E-state index is -0.943. The zero-order valence-electron chi connectivity index (χ0n) is 17.1. The summed E-state index contributed by atoms with van der Waals surface area (Å²) < 4.78 is 32.1. The van der Waals surface area contributed by atoms with E-state index in [9.17, 15) is 13.6 Å². The molecule has 6 heteroatoms. The molecule has 3 unspecified atom stereocenters. The normalized spacial score (nSPS) is 19.8. The highest BCUT2D eigenvalue weighted by Gasteiger charge is 2.34. The van der Waals surface area contributed by atoms with Gasteiger partial charge in [0.2, 0.25) is 0 Å². The summed E-state index contributed by atoms with van der Waals surface area (Å²) in [6, 6.07) is 11.4. The molecule has 3 atom stereocenters. The van der Waals surface area contributed by atoms with Gasteiger partial charge in [-0.05, 0) is 43.0 Å². The first-order valence-corrected chi connectivity index (χ1v) is 9.94. The van der Waals surface area contributed by atoms with E-state index in [4.69, 9.17) is 4.74 Å². The van der Waals surface area contributed by atoms with Crippen LogP contribution in [-0.2, 0) is 4.74 Å². The molecule has 1 saturated carbocycles. The lowest BCUT2D eigenvalue weighted by Crippen LogP contribution is -2.46. The molecule has 2 amide bonds. The number of likely N-dealkylation sites (N-methyl/N-ethyl adjacent to an activating group) is 1. The third-order valence-corrected chi connectivity index (χ3v) is 5.78. The van der Waals surface area contributed by atoms with Crippen molar-refractivity contribution >= 4 is 6.03 Å². The molecule has 0 radical (unpaired) electrons. The summed E-state index contributed by atoms with van der Waals surface area (Å²) in [5.74, 6) is -1.57. The van der Waals surface area contributed by atoms with Gasteiger partial charge in [-0.25, -0.2) is 13.6 Å². The van der Waals surface area contributed by atoms with Gasteiger partial charge in [0.25, 0.3) is 0 Å². The first-order valence-electron chi connectivity index (χ1n) is 9.94. The highest BCUT2D eigenvalue weighted by atomic mass is 19.2. The number of aryl methyl sites for hydroxylation is 1. The molecule has 2 aromatic carbocycles. The molecule has 29 heavy (non-hydrogen) atoms. The lowest BCUT2D eigenvalue weighted by Gasteiger charge is -2.32. The quantitative estimate of drug-likeness (QED) is 0.744. The molecule has 0 aromatic heterocycles. The van der Waals surface area contributed by atoms with Crippen molar-refractivity contribution in [3.05, 3.63) is 70.8 Å². The van der Waals surface area contributed by atoms with Gasteiger partial charge in [-0.2, -0.15) is 0 Å². The van der Waals surface area contributed by atoms with Gasteiger partial charge in [-0.15, -0.1) is 0 Å². The number of carbonyl (C=O) groups is 1. The predicted octanol–water partition coefficient (Wildman–Crippen LogP) is 4.94. The van der Waals surface area contributed by atoms with Gasteiger partial charge in [0, 0.05) is 26.1 Å². The topological polar surface area (TPSA) is 41.6 Å². The second kappa shape index (κ2) is 9.35. The van der Waals surface area contributed by atoms with E-state index < -0.39 is 17.7 Å². The van der Waals surface area contributed by atoms with Crippen LogP contribution in [-0.4, -0.2) is 37.7 Å². The van der Waals surface area contributed by atoms with Crippen LogP contribution in [0.25, 0.3) is 0 Å². The van der Waals surface area contributed by atoms with E-state index in [1.165, 1.54) is 24.3 Å². The Hall–Kier alpha value is -2.47. The van der Waals surface area contributed by atoms with E-state index in [1.54, 1.807) is 11.9 Å². The highest BCUT2D eigenvalue weighted by molar-refractivity contribution is 5.75. The molecular weight excluding hydrogens is 374 g/mol. The van der Waals surface area contributed by atoms with Crippen molar-refractivity contribution in [2.45, 2.75) is 44.2 Å². The predicted molar refractivity (Wildman–Crippen MR) is 109 cm³/mol. The van der Waals surface area contributed by atoms with E-state index in [2.05, 4.69) is 36.5 Å². The summed E-state index contributed by atoms with van der Waals surface area (Å²) in [4.78, 5) is 14.7. The molecule has 0 spiro atoms. The monoisotopic (exact) mass is 402 g/mol. The Morgan fingerprint density at radius 2 is 1.90 bits per heavy atom. The Balaban J connectivity index is 1.73. The molecule has 4 nitrogen and oxygen atoms in total. The van der Waals surface area contributed by atoms with E-state index in [0.29, 0.717) is 5.56 Å². The van der Waals surface area contributed by atoms with Gasteiger partial charge in [0.15, 0.2) is 11.6 Å². The maximum atomic E-state index is 13.6. The maximum absolute atomic E-state index is 13.6. The fourth-order valence-corrected chi connectivity index (χ4v) is 4.12. The molecule has 0 heterocycles. The summed E-state index contributed by atoms with van der Waals surface area (Å²) in [5.41, 5.74) is 2.92. The summed E-state index contributed by atoms with van der Waals surface area (Å²) in [6.07, 6.45) is 3.03. The third-order valence-electron chi connectivity index (χ3n) is 5.78. The van der Waals surface area contributed by atoms with Crippen LogP contribution in [0.2, 0.25) is 0 Å². The fraction of sp³-hybridized carbons (Fsp3) is 0.435. The number of halogens is 2. The van der Waals surface area contributed by atoms with Crippen LogP contribution >= 0.6 is 0 Å². The lowest BCUT2D eigenvalue weighted by molar-refractivity contribution is 0.150. The number of ether oxygens (including phenoxy) is 1. The van der Waals surface area contributed by atoms with Crippen molar-refractivity contribution < 1.29 is 18.3 Å². The molecule has 1 fully saturated rings. The summed E-state index contributed by atoms with van der Waals surface area (Å²) in [7, 11) is 3.30. The van der Waals surface area contributed by atoms with Crippen molar-refractivity contribution in [2.24, 2.45) is 0 Å². The van der Waals surface area contributed by atoms with Crippen LogP contribution < -0.4 is 5.32 Å². The van der Waals surface area contributed by atoms with Crippen LogP contribution in [0.15, 0.2) is 42.5 Å². The minimum absolute atomic E-state index is 0.0888. The second-order valence-electron chi connectivity index (χ2n) is 7.76. The van der Waals surface area contributed by atoms with E-state index >= 15 is 0 Å². The molecule has 0 saturated heterocycles. The molecule has 0 bridgehead atoms. The summed E-state index contributed by atoms with van der Waals surface area (Å²) in [5, 5.41) is 2.91. The van der Waals surface area contributed by atoms with Crippen molar-refractivity contribution in [1.29, 1.82) is 0 Å². The average Bonchev–Trinajstić information content (AvgIpc) is 3.19. The van der Waals surface area contributed by atoms with Gasteiger partial charge in [-0.1, -0.05) is 42.3 Å². The lowest BCUT2D eigenvalue weighted by atomic mass is 9.92. The Kier molecular flexibility index (Phi) is 6.85. The molecule has 1 N–H and O–H groups in total. The Morgan fingerprint density at radius 3 is 2.55 bits per heavy atom. The van der Waals surface area contributed by atoms with Crippen molar-refractivity contribution in [3.63, 3.8) is 0 Å². The SMILES string of the molecule is COCC(NC(=O)N(C)C1CCCC1c1ccc(C)cc1)c1ccc(F)c(F)c1. The summed E-state index contributed by atoms with van der Waals surface area (Å²) in [6.45, 7) is 2.22. The number of methoxy groups -OCH3 is 1. The smallest absolute Gasteiger partial charge is 0.317 e. The number of rotatable bonds is 6. The number of urea groups is 1. The van der Waals surface area contributed by atoms with Crippen LogP contribution in [0.4, 0.5) is 13.6 Å². The molecular formula is C23H28F2N2O2. The fourth-order valence-electron chi connectivity index (χ4n) is 4.12. The third kappa shape index (κ3) is 4.93. The Labute approximate surface area is 170 Å². The zero-order chi connectivity index (χ0) is 21.0. The molecule has 0 aliphatic heterocycles. The molecule has 1 aliphatic carbocycles. The van der Waals surface area contributed by atoms with Gasteiger partial charge in [0.05, 0.1) is 12.6 Å². The number of hydrogen-bond acceptors (Lipinski definition) is 2. The van der Waals surface area contributed by atoms with Gasteiger partial charge < -0.3 is 15.0 Å². The zero-order valence-corrected chi connectivity index (χ0v) is 17.1. The average molecular weight is 402 g/mol. The molecule has 156 valence electrons. The largest absolute Gasteiger partial charge is 0.382 e. The number of nitrogens with zero attached hydrogens (tertiary/aromatic N) is 1. The van der Waals surface area contributed by atoms with Crippen LogP contribution in [0.1, 0.15) is 47.9 Å². The summed E-state index contributed by atoms with van der Waals surface area (Å²) >= 11 is 0.